The molecule has 16 heavy (non-hydrogen) atoms. The first kappa shape index (κ1) is 11.9. The van der Waals surface area contributed by atoms with Crippen molar-refractivity contribution in [2.24, 2.45) is 5.92 Å². The lowest BCUT2D eigenvalue weighted by Crippen LogP contribution is -2.55. The Bertz CT molecular complexity index is 262. The number of carbonyl (C=O) groups excluding carboxylic acids is 1. The maximum atomic E-state index is 12.1. The highest BCUT2D eigenvalue weighted by atomic mass is 16.5. The predicted octanol–water partition coefficient (Wildman–Crippen LogP) is 0.670. The van der Waals surface area contributed by atoms with Gasteiger partial charge in [-0.25, -0.2) is 0 Å². The number of hydrogen-bond donors (Lipinski definition) is 2. The van der Waals surface area contributed by atoms with Gasteiger partial charge in [0.1, 0.15) is 0 Å². The number of amides is 1. The van der Waals surface area contributed by atoms with Crippen molar-refractivity contribution < 1.29 is 9.53 Å². The smallest absolute Gasteiger partial charge is 0.237 e. The zero-order valence-electron chi connectivity index (χ0n) is 10.2. The first-order valence-electron chi connectivity index (χ1n) is 6.22. The Kier molecular flexibility index (Phi) is 3.50. The van der Waals surface area contributed by atoms with Crippen LogP contribution in [0.5, 0.6) is 0 Å². The Morgan fingerprint density at radius 2 is 2.38 bits per heavy atom. The van der Waals surface area contributed by atoms with E-state index in [9.17, 15) is 4.79 Å². The Hall–Kier alpha value is -0.610. The second kappa shape index (κ2) is 4.72. The van der Waals surface area contributed by atoms with E-state index in [2.05, 4.69) is 24.5 Å². The molecule has 2 aliphatic rings. The summed E-state index contributed by atoms with van der Waals surface area (Å²) in [5, 5.41) is 6.41. The predicted molar refractivity (Wildman–Crippen MR) is 62.2 cm³/mol. The van der Waals surface area contributed by atoms with Crippen LogP contribution in [-0.2, 0) is 9.53 Å². The van der Waals surface area contributed by atoms with Crippen LogP contribution in [0.4, 0.5) is 0 Å². The highest BCUT2D eigenvalue weighted by Crippen LogP contribution is 2.20. The molecule has 0 spiro atoms. The molecular formula is C12H22N2O2. The first-order chi connectivity index (χ1) is 7.59. The fraction of sp³-hybridized carbons (Fsp3) is 0.917. The minimum Gasteiger partial charge on any atom is -0.379 e. The van der Waals surface area contributed by atoms with E-state index in [0.717, 1.165) is 26.0 Å². The van der Waals surface area contributed by atoms with Gasteiger partial charge in [-0.15, -0.1) is 0 Å². The lowest BCUT2D eigenvalue weighted by Gasteiger charge is -2.31. The standard InChI is InChI=1S/C12H22N2O2/c1-9-3-5-13-10(7-9)11(15)14-12(2)4-6-16-8-12/h9-10,13H,3-8H2,1-2H3,(H,14,15). The fourth-order valence-electron chi connectivity index (χ4n) is 2.46. The first-order valence-corrected chi connectivity index (χ1v) is 6.22. The van der Waals surface area contributed by atoms with Crippen LogP contribution < -0.4 is 10.6 Å². The van der Waals surface area contributed by atoms with Crippen molar-refractivity contribution >= 4 is 5.91 Å². The van der Waals surface area contributed by atoms with Crippen molar-refractivity contribution in [2.45, 2.75) is 44.7 Å². The molecule has 4 nitrogen and oxygen atoms in total. The summed E-state index contributed by atoms with van der Waals surface area (Å²) in [5.41, 5.74) is -0.153. The second-order valence-electron chi connectivity index (χ2n) is 5.49. The topological polar surface area (TPSA) is 50.4 Å². The number of rotatable bonds is 2. The Morgan fingerprint density at radius 3 is 3.00 bits per heavy atom. The fourth-order valence-corrected chi connectivity index (χ4v) is 2.46. The van der Waals surface area contributed by atoms with Crippen LogP contribution in [0, 0.1) is 5.92 Å². The van der Waals surface area contributed by atoms with Gasteiger partial charge >= 0.3 is 0 Å². The molecule has 2 heterocycles. The molecule has 0 aromatic rings. The molecule has 0 aromatic carbocycles. The summed E-state index contributed by atoms with van der Waals surface area (Å²) in [7, 11) is 0. The summed E-state index contributed by atoms with van der Waals surface area (Å²) < 4.78 is 5.33. The highest BCUT2D eigenvalue weighted by Gasteiger charge is 2.34. The van der Waals surface area contributed by atoms with Gasteiger partial charge in [-0.1, -0.05) is 6.92 Å². The van der Waals surface area contributed by atoms with Gasteiger partial charge in [-0.05, 0) is 38.6 Å². The average molecular weight is 226 g/mol. The number of nitrogens with one attached hydrogen (secondary N) is 2. The van der Waals surface area contributed by atoms with Gasteiger partial charge in [0.25, 0.3) is 0 Å². The molecule has 0 saturated carbocycles. The molecule has 2 rings (SSSR count). The molecule has 2 N–H and O–H groups in total. The molecular weight excluding hydrogens is 204 g/mol. The summed E-state index contributed by atoms with van der Waals surface area (Å²) in [6.45, 7) is 6.62. The third-order valence-electron chi connectivity index (χ3n) is 3.63. The molecule has 3 unspecified atom stereocenters. The number of carbonyl (C=O) groups is 1. The maximum Gasteiger partial charge on any atom is 0.237 e. The van der Waals surface area contributed by atoms with Crippen molar-refractivity contribution in [1.29, 1.82) is 0 Å². The molecule has 0 aromatic heterocycles. The van der Waals surface area contributed by atoms with Gasteiger partial charge in [0.2, 0.25) is 5.91 Å². The second-order valence-corrected chi connectivity index (χ2v) is 5.49. The Morgan fingerprint density at radius 1 is 1.56 bits per heavy atom. The molecule has 0 radical (unpaired) electrons. The van der Waals surface area contributed by atoms with Crippen LogP contribution in [-0.4, -0.2) is 37.2 Å². The third-order valence-corrected chi connectivity index (χ3v) is 3.63. The van der Waals surface area contributed by atoms with E-state index in [-0.39, 0.29) is 17.5 Å². The van der Waals surface area contributed by atoms with Gasteiger partial charge < -0.3 is 15.4 Å². The minimum absolute atomic E-state index is 0.0128. The normalized spacial score (nSPS) is 39.6. The van der Waals surface area contributed by atoms with Crippen molar-refractivity contribution in [2.75, 3.05) is 19.8 Å². The summed E-state index contributed by atoms with van der Waals surface area (Å²) in [6, 6.07) is -0.0128. The Labute approximate surface area is 97.1 Å². The van der Waals surface area contributed by atoms with E-state index in [0.29, 0.717) is 12.5 Å². The lowest BCUT2D eigenvalue weighted by atomic mass is 9.93. The van der Waals surface area contributed by atoms with Crippen LogP contribution in [0.25, 0.3) is 0 Å². The summed E-state index contributed by atoms with van der Waals surface area (Å²) >= 11 is 0. The Balaban J connectivity index is 1.87. The summed E-state index contributed by atoms with van der Waals surface area (Å²) in [4.78, 5) is 12.1. The molecule has 2 saturated heterocycles. The van der Waals surface area contributed by atoms with Crippen LogP contribution in [0.2, 0.25) is 0 Å². The van der Waals surface area contributed by atoms with E-state index in [1.807, 2.05) is 0 Å². The third kappa shape index (κ3) is 2.74. The van der Waals surface area contributed by atoms with E-state index in [1.54, 1.807) is 0 Å². The summed E-state index contributed by atoms with van der Waals surface area (Å²) in [5.74, 6) is 0.782. The van der Waals surface area contributed by atoms with Crippen LogP contribution >= 0.6 is 0 Å². The molecule has 3 atom stereocenters. The number of hydrogen-bond acceptors (Lipinski definition) is 3. The van der Waals surface area contributed by atoms with E-state index in [4.69, 9.17) is 4.74 Å². The van der Waals surface area contributed by atoms with Gasteiger partial charge in [0, 0.05) is 6.61 Å². The summed E-state index contributed by atoms with van der Waals surface area (Å²) in [6.07, 6.45) is 3.04. The van der Waals surface area contributed by atoms with Crippen molar-refractivity contribution in [3.05, 3.63) is 0 Å². The van der Waals surface area contributed by atoms with Gasteiger partial charge in [0.05, 0.1) is 18.2 Å². The highest BCUT2D eigenvalue weighted by molar-refractivity contribution is 5.82. The van der Waals surface area contributed by atoms with Crippen molar-refractivity contribution in [3.8, 4) is 0 Å². The molecule has 0 bridgehead atoms. The molecule has 2 aliphatic heterocycles. The monoisotopic (exact) mass is 226 g/mol. The molecule has 92 valence electrons. The van der Waals surface area contributed by atoms with E-state index in [1.165, 1.54) is 6.42 Å². The minimum atomic E-state index is -0.153. The van der Waals surface area contributed by atoms with Crippen molar-refractivity contribution in [1.82, 2.24) is 10.6 Å². The zero-order valence-corrected chi connectivity index (χ0v) is 10.2. The zero-order chi connectivity index (χ0) is 11.6. The van der Waals surface area contributed by atoms with E-state index < -0.39 is 0 Å². The number of piperidine rings is 1. The molecule has 0 aliphatic carbocycles. The molecule has 4 heteroatoms. The molecule has 2 fully saturated rings. The lowest BCUT2D eigenvalue weighted by molar-refractivity contribution is -0.125. The quantitative estimate of drug-likeness (QED) is 0.727. The SMILES string of the molecule is CC1CCNC(C(=O)NC2(C)CCOC2)C1. The largest absolute Gasteiger partial charge is 0.379 e. The maximum absolute atomic E-state index is 12.1. The van der Waals surface area contributed by atoms with Crippen LogP contribution in [0.15, 0.2) is 0 Å². The van der Waals surface area contributed by atoms with Crippen molar-refractivity contribution in [3.63, 3.8) is 0 Å². The van der Waals surface area contributed by atoms with Crippen LogP contribution in [0.1, 0.15) is 33.1 Å². The molecule has 1 amide bonds. The number of ether oxygens (including phenoxy) is 1. The van der Waals surface area contributed by atoms with Gasteiger partial charge in [-0.3, -0.25) is 4.79 Å². The average Bonchev–Trinajstić information content (AvgIpc) is 2.65. The van der Waals surface area contributed by atoms with Gasteiger partial charge in [-0.2, -0.15) is 0 Å². The van der Waals surface area contributed by atoms with E-state index >= 15 is 0 Å². The van der Waals surface area contributed by atoms with Gasteiger partial charge in [0.15, 0.2) is 0 Å². The van der Waals surface area contributed by atoms with Crippen LogP contribution in [0.3, 0.4) is 0 Å².